The van der Waals surface area contributed by atoms with E-state index in [1.54, 1.807) is 18.2 Å². The third kappa shape index (κ3) is 2.39. The molecule has 1 N–H and O–H groups in total. The maximum atomic E-state index is 13.0. The first-order valence-corrected chi connectivity index (χ1v) is 8.37. The van der Waals surface area contributed by atoms with Gasteiger partial charge in [0.25, 0.3) is 0 Å². The van der Waals surface area contributed by atoms with Crippen LogP contribution in [0.25, 0.3) is 0 Å². The Morgan fingerprint density at radius 2 is 2.19 bits per heavy atom. The van der Waals surface area contributed by atoms with Gasteiger partial charge in [0.1, 0.15) is 6.10 Å². The highest BCUT2D eigenvalue weighted by Gasteiger charge is 2.54. The average Bonchev–Trinajstić information content (AvgIpc) is 2.82. The van der Waals surface area contributed by atoms with Crippen molar-refractivity contribution in [2.24, 2.45) is 0 Å². The highest BCUT2D eigenvalue weighted by Crippen LogP contribution is 2.55. The van der Waals surface area contributed by atoms with Crippen molar-refractivity contribution < 1.29 is 32.5 Å². The molecule has 1 aromatic rings. The predicted octanol–water partition coefficient (Wildman–Crippen LogP) is 2.31. The van der Waals surface area contributed by atoms with Crippen molar-refractivity contribution in [2.45, 2.75) is 43.2 Å². The Hall–Kier alpha value is -2.22. The van der Waals surface area contributed by atoms with Crippen LogP contribution in [-0.4, -0.2) is 48.0 Å². The van der Waals surface area contributed by atoms with Gasteiger partial charge in [-0.25, -0.2) is 0 Å². The van der Waals surface area contributed by atoms with Crippen molar-refractivity contribution in [3.05, 3.63) is 35.4 Å². The summed E-state index contributed by atoms with van der Waals surface area (Å²) in [4.78, 5) is 12.7. The van der Waals surface area contributed by atoms with Crippen LogP contribution in [0.5, 0.6) is 11.5 Å². The Balaban J connectivity index is 1.84. The number of benzene rings is 1. The molecule has 8 heteroatoms. The lowest BCUT2D eigenvalue weighted by Gasteiger charge is -2.35. The fourth-order valence-electron chi connectivity index (χ4n) is 4.29. The summed E-state index contributed by atoms with van der Waals surface area (Å²) >= 11 is 0. The van der Waals surface area contributed by atoms with Gasteiger partial charge in [-0.1, -0.05) is 18.2 Å². The van der Waals surface area contributed by atoms with E-state index in [0.717, 1.165) is 10.5 Å². The van der Waals surface area contributed by atoms with Crippen LogP contribution in [0.3, 0.4) is 0 Å². The fraction of sp³-hybridized carbons (Fsp3) is 0.500. The van der Waals surface area contributed by atoms with Gasteiger partial charge in [-0.2, -0.15) is 13.2 Å². The summed E-state index contributed by atoms with van der Waals surface area (Å²) < 4.78 is 50.3. The largest absolute Gasteiger partial charge is 0.493 e. The van der Waals surface area contributed by atoms with E-state index in [9.17, 15) is 23.1 Å². The number of ether oxygens (including phenoxy) is 2. The van der Waals surface area contributed by atoms with Crippen molar-refractivity contribution in [2.75, 3.05) is 13.7 Å². The van der Waals surface area contributed by atoms with Crippen LogP contribution in [0.1, 0.15) is 24.0 Å². The van der Waals surface area contributed by atoms with E-state index in [0.29, 0.717) is 23.5 Å². The van der Waals surface area contributed by atoms with Crippen LogP contribution in [0, 0.1) is 0 Å². The van der Waals surface area contributed by atoms with Crippen LogP contribution in [0.15, 0.2) is 24.3 Å². The molecule has 1 aromatic carbocycles. The highest BCUT2D eigenvalue weighted by atomic mass is 19.4. The second-order valence-electron chi connectivity index (χ2n) is 6.91. The van der Waals surface area contributed by atoms with E-state index in [1.807, 2.05) is 6.08 Å². The number of rotatable bonds is 1. The van der Waals surface area contributed by atoms with Crippen LogP contribution in [-0.2, 0) is 16.8 Å². The number of hydrogen-bond donors (Lipinski definition) is 1. The molecule has 26 heavy (non-hydrogen) atoms. The molecule has 0 bridgehead atoms. The topological polar surface area (TPSA) is 59.0 Å². The number of carbonyl (C=O) groups is 1. The molecule has 0 saturated heterocycles. The van der Waals surface area contributed by atoms with Gasteiger partial charge in [0.2, 0.25) is 0 Å². The van der Waals surface area contributed by atoms with Crippen molar-refractivity contribution in [3.8, 4) is 11.5 Å². The van der Waals surface area contributed by atoms with Crippen molar-refractivity contribution in [1.29, 1.82) is 0 Å². The number of methoxy groups -OCH3 is 1. The molecule has 0 aromatic heterocycles. The second kappa shape index (κ2) is 5.64. The molecule has 0 saturated carbocycles. The van der Waals surface area contributed by atoms with Gasteiger partial charge in [-0.3, -0.25) is 4.79 Å². The van der Waals surface area contributed by atoms with Crippen molar-refractivity contribution >= 4 is 5.91 Å². The Morgan fingerprint density at radius 1 is 1.42 bits per heavy atom. The van der Waals surface area contributed by atoms with E-state index >= 15 is 0 Å². The van der Waals surface area contributed by atoms with E-state index < -0.39 is 29.7 Å². The lowest BCUT2D eigenvalue weighted by atomic mass is 9.69. The number of hydrogen-bond acceptors (Lipinski definition) is 4. The summed E-state index contributed by atoms with van der Waals surface area (Å²) in [6, 6.07) is 3.33. The molecule has 1 aliphatic carbocycles. The minimum atomic E-state index is -4.91. The smallest absolute Gasteiger partial charge is 0.471 e. The molecule has 140 valence electrons. The normalized spacial score (nSPS) is 29.5. The van der Waals surface area contributed by atoms with E-state index in [2.05, 4.69) is 0 Å². The van der Waals surface area contributed by atoms with Gasteiger partial charge in [0, 0.05) is 25.1 Å². The predicted molar refractivity (Wildman–Crippen MR) is 84.9 cm³/mol. The quantitative estimate of drug-likeness (QED) is 0.772. The first kappa shape index (κ1) is 17.2. The number of carbonyl (C=O) groups excluding carboxylic acids is 1. The number of amides is 1. The second-order valence-corrected chi connectivity index (χ2v) is 6.91. The number of aliphatic hydroxyl groups excluding tert-OH is 1. The molecule has 3 aliphatic rings. The highest BCUT2D eigenvalue weighted by molar-refractivity contribution is 5.82. The van der Waals surface area contributed by atoms with E-state index in [4.69, 9.17) is 9.47 Å². The molecule has 0 radical (unpaired) electrons. The Labute approximate surface area is 148 Å². The van der Waals surface area contributed by atoms with Gasteiger partial charge in [0.15, 0.2) is 11.5 Å². The summed E-state index contributed by atoms with van der Waals surface area (Å²) in [6.07, 6.45) is -1.90. The molecular formula is C18H18F3NO4. The van der Waals surface area contributed by atoms with Crippen LogP contribution in [0.2, 0.25) is 0 Å². The number of halogens is 3. The first-order valence-electron chi connectivity index (χ1n) is 8.37. The molecule has 5 nitrogen and oxygen atoms in total. The minimum Gasteiger partial charge on any atom is -0.493 e. The molecular weight excluding hydrogens is 351 g/mol. The summed E-state index contributed by atoms with van der Waals surface area (Å²) in [6.45, 7) is -0.187. The van der Waals surface area contributed by atoms with E-state index in [-0.39, 0.29) is 19.5 Å². The summed E-state index contributed by atoms with van der Waals surface area (Å²) in [5.41, 5.74) is 0.709. The molecule has 2 heterocycles. The third-order valence-electron chi connectivity index (χ3n) is 5.49. The van der Waals surface area contributed by atoms with Crippen LogP contribution in [0.4, 0.5) is 13.2 Å². The van der Waals surface area contributed by atoms with Gasteiger partial charge in [-0.05, 0) is 18.1 Å². The molecule has 1 amide bonds. The van der Waals surface area contributed by atoms with Gasteiger partial charge >= 0.3 is 12.1 Å². The zero-order valence-corrected chi connectivity index (χ0v) is 14.0. The van der Waals surface area contributed by atoms with Gasteiger partial charge in [0.05, 0.1) is 18.6 Å². The summed E-state index contributed by atoms with van der Waals surface area (Å²) in [7, 11) is 1.50. The fourth-order valence-corrected chi connectivity index (χ4v) is 4.29. The lowest BCUT2D eigenvalue weighted by molar-refractivity contribution is -0.186. The number of alkyl halides is 3. The van der Waals surface area contributed by atoms with E-state index in [1.165, 1.54) is 7.11 Å². The maximum absolute atomic E-state index is 13.0. The molecule has 2 aliphatic heterocycles. The van der Waals surface area contributed by atoms with Gasteiger partial charge < -0.3 is 19.5 Å². The molecule has 3 atom stereocenters. The number of nitrogens with zero attached hydrogens (tertiary/aromatic N) is 1. The number of aliphatic hydroxyl groups is 1. The monoisotopic (exact) mass is 369 g/mol. The molecule has 0 fully saturated rings. The Kier molecular flexibility index (Phi) is 3.73. The molecule has 4 rings (SSSR count). The first-order chi connectivity index (χ1) is 12.3. The Bertz CT molecular complexity index is 791. The molecule has 2 unspecified atom stereocenters. The van der Waals surface area contributed by atoms with Crippen molar-refractivity contribution in [3.63, 3.8) is 0 Å². The third-order valence-corrected chi connectivity index (χ3v) is 5.49. The summed E-state index contributed by atoms with van der Waals surface area (Å²) in [5.74, 6) is -0.846. The Morgan fingerprint density at radius 3 is 2.88 bits per heavy atom. The standard InChI is InChI=1S/C18H18F3NO4/c1-25-12-3-2-10-9-22(16(24)18(19,20)21)7-6-17-5-4-11(23)8-13(17)26-15(12)14(10)17/h2-5,11,13,23H,6-9H2,1H3/t11?,13-,17?/m1/s1. The van der Waals surface area contributed by atoms with Gasteiger partial charge in [-0.15, -0.1) is 0 Å². The zero-order chi connectivity index (χ0) is 18.7. The lowest BCUT2D eigenvalue weighted by Crippen LogP contribution is -2.45. The SMILES string of the molecule is COc1ccc2c3c1O[C@@H]1CC(O)C=CC31CCN(C(=O)C(F)(F)F)C2. The zero-order valence-electron chi connectivity index (χ0n) is 14.0. The summed E-state index contributed by atoms with van der Waals surface area (Å²) in [5, 5.41) is 9.96. The average molecular weight is 369 g/mol. The van der Waals surface area contributed by atoms with Crippen molar-refractivity contribution in [1.82, 2.24) is 4.90 Å². The van der Waals surface area contributed by atoms with Crippen LogP contribution < -0.4 is 9.47 Å². The maximum Gasteiger partial charge on any atom is 0.471 e. The molecule has 1 spiro atoms. The minimum absolute atomic E-state index is 0.0466. The van der Waals surface area contributed by atoms with Crippen LogP contribution >= 0.6 is 0 Å².